The van der Waals surface area contributed by atoms with Crippen molar-refractivity contribution >= 4 is 8.60 Å². The van der Waals surface area contributed by atoms with Crippen molar-refractivity contribution in [3.8, 4) is 28.7 Å². The van der Waals surface area contributed by atoms with E-state index in [0.29, 0.717) is 11.5 Å². The van der Waals surface area contributed by atoms with Gasteiger partial charge in [0.1, 0.15) is 0 Å². The molecule has 0 amide bonds. The maximum atomic E-state index is 9.26. The van der Waals surface area contributed by atoms with E-state index in [1.807, 2.05) is 0 Å². The second kappa shape index (κ2) is 1.69. The minimum Gasteiger partial charge on any atom is -0.504 e. The summed E-state index contributed by atoms with van der Waals surface area (Å²) in [4.78, 5) is 0. The highest BCUT2D eigenvalue weighted by Crippen LogP contribution is 2.68. The van der Waals surface area contributed by atoms with Gasteiger partial charge in [0.25, 0.3) is 0 Å². The van der Waals surface area contributed by atoms with Gasteiger partial charge in [-0.05, 0) is 0 Å². The van der Waals surface area contributed by atoms with Gasteiger partial charge in [-0.15, -0.1) is 0 Å². The molecule has 2 aliphatic heterocycles. The van der Waals surface area contributed by atoms with Crippen LogP contribution in [0.5, 0.6) is 28.7 Å². The summed E-state index contributed by atoms with van der Waals surface area (Å²) < 4.78 is 15.2. The van der Waals surface area contributed by atoms with Gasteiger partial charge in [0, 0.05) is 6.07 Å². The summed E-state index contributed by atoms with van der Waals surface area (Å²) in [6.45, 7) is 0. The van der Waals surface area contributed by atoms with Crippen molar-refractivity contribution in [1.29, 1.82) is 0 Å². The van der Waals surface area contributed by atoms with Gasteiger partial charge in [-0.1, -0.05) is 0 Å². The van der Waals surface area contributed by atoms with Gasteiger partial charge >= 0.3 is 8.60 Å². The number of fused-ring (bicyclic) bond motifs is 1. The van der Waals surface area contributed by atoms with Crippen LogP contribution in [-0.4, -0.2) is 10.2 Å². The Morgan fingerprint density at radius 3 is 2.58 bits per heavy atom. The Hall–Kier alpha value is -1.35. The molecule has 0 saturated heterocycles. The highest BCUT2D eigenvalue weighted by molar-refractivity contribution is 7.44. The van der Waals surface area contributed by atoms with E-state index in [2.05, 4.69) is 0 Å². The highest BCUT2D eigenvalue weighted by atomic mass is 31.2. The minimum atomic E-state index is -1.40. The Kier molecular flexibility index (Phi) is 0.875. The van der Waals surface area contributed by atoms with E-state index in [-0.39, 0.29) is 17.2 Å². The van der Waals surface area contributed by atoms with Crippen LogP contribution in [-0.2, 0) is 0 Å². The number of hydrogen-bond donors (Lipinski definition) is 2. The van der Waals surface area contributed by atoms with Crippen LogP contribution >= 0.6 is 8.60 Å². The number of hydrogen-bond acceptors (Lipinski definition) is 5. The number of phenolic OH excluding ortho intramolecular Hbond substituents is 2. The van der Waals surface area contributed by atoms with Gasteiger partial charge in [-0.25, -0.2) is 0 Å². The van der Waals surface area contributed by atoms with Crippen LogP contribution in [0.2, 0.25) is 0 Å². The van der Waals surface area contributed by atoms with Gasteiger partial charge < -0.3 is 23.8 Å². The molecular weight excluding hydrogens is 183 g/mol. The molecule has 2 aliphatic rings. The van der Waals surface area contributed by atoms with Crippen molar-refractivity contribution in [2.24, 2.45) is 0 Å². The van der Waals surface area contributed by atoms with Crippen molar-refractivity contribution in [3.63, 3.8) is 0 Å². The van der Waals surface area contributed by atoms with E-state index >= 15 is 0 Å². The molecule has 2 heterocycles. The summed E-state index contributed by atoms with van der Waals surface area (Å²) in [5.74, 6) is 0.447. The van der Waals surface area contributed by atoms with E-state index in [0.717, 1.165) is 0 Å². The normalized spacial score (nSPS) is 21.5. The topological polar surface area (TPSA) is 68.2 Å². The van der Waals surface area contributed by atoms with Crippen molar-refractivity contribution < 1.29 is 23.8 Å². The zero-order valence-corrected chi connectivity index (χ0v) is 6.54. The predicted molar refractivity (Wildman–Crippen MR) is 38.6 cm³/mol. The molecule has 0 radical (unpaired) electrons. The number of benzene rings is 1. The van der Waals surface area contributed by atoms with Gasteiger partial charge in [-0.3, -0.25) is 0 Å². The van der Waals surface area contributed by atoms with Gasteiger partial charge in [0.15, 0.2) is 11.5 Å². The second-order valence-corrected chi connectivity index (χ2v) is 3.39. The van der Waals surface area contributed by atoms with E-state index in [1.54, 1.807) is 0 Å². The molecule has 0 fully saturated rings. The Morgan fingerprint density at radius 1 is 1.08 bits per heavy atom. The van der Waals surface area contributed by atoms with Crippen molar-refractivity contribution in [1.82, 2.24) is 0 Å². The highest BCUT2D eigenvalue weighted by Gasteiger charge is 2.43. The minimum absolute atomic E-state index is 0.183. The zero-order chi connectivity index (χ0) is 8.29. The summed E-state index contributed by atoms with van der Waals surface area (Å²) in [6.07, 6.45) is 0. The molecule has 12 heavy (non-hydrogen) atoms. The third kappa shape index (κ3) is 0.539. The predicted octanol–water partition coefficient (Wildman–Crippen LogP) is 1.49. The number of aromatic hydroxyl groups is 2. The summed E-state index contributed by atoms with van der Waals surface area (Å²) in [5, 5.41) is 18.4. The van der Waals surface area contributed by atoms with Crippen LogP contribution in [0, 0.1) is 0 Å². The molecule has 1 aromatic carbocycles. The first-order chi connectivity index (χ1) is 5.75. The van der Waals surface area contributed by atoms with E-state index in [1.165, 1.54) is 6.07 Å². The zero-order valence-electron chi connectivity index (χ0n) is 5.64. The summed E-state index contributed by atoms with van der Waals surface area (Å²) in [6, 6.07) is 1.30. The largest absolute Gasteiger partial charge is 0.530 e. The molecule has 0 saturated carbocycles. The van der Waals surface area contributed by atoms with E-state index < -0.39 is 8.60 Å². The second-order valence-electron chi connectivity index (χ2n) is 2.40. The Balaban J connectivity index is 2.38. The van der Waals surface area contributed by atoms with Gasteiger partial charge in [0.2, 0.25) is 17.2 Å². The van der Waals surface area contributed by atoms with E-state index in [4.69, 9.17) is 18.7 Å². The number of phenols is 2. The molecule has 1 unspecified atom stereocenters. The lowest BCUT2D eigenvalue weighted by atomic mass is 10.2. The third-order valence-corrected chi connectivity index (χ3v) is 2.67. The SMILES string of the molecule is Oc1cc2c3c(c1O)OP(O2)O3. The summed E-state index contributed by atoms with van der Waals surface area (Å²) >= 11 is 0. The fourth-order valence-corrected chi connectivity index (χ4v) is 2.17. The fourth-order valence-electron chi connectivity index (χ4n) is 1.12. The molecule has 0 aliphatic carbocycles. The lowest BCUT2D eigenvalue weighted by Gasteiger charge is -2.09. The molecule has 2 N–H and O–H groups in total. The maximum Gasteiger partial charge on any atom is 0.530 e. The Morgan fingerprint density at radius 2 is 1.83 bits per heavy atom. The van der Waals surface area contributed by atoms with Crippen molar-refractivity contribution in [3.05, 3.63) is 6.07 Å². The quantitative estimate of drug-likeness (QED) is 0.474. The smallest absolute Gasteiger partial charge is 0.504 e. The molecule has 2 bridgehead atoms. The fraction of sp³-hybridized carbons (Fsp3) is 0. The Labute approximate surface area is 68.1 Å². The molecule has 3 rings (SSSR count). The van der Waals surface area contributed by atoms with Gasteiger partial charge in [0.05, 0.1) is 0 Å². The average Bonchev–Trinajstić information content (AvgIpc) is 2.58. The molecule has 6 heteroatoms. The monoisotopic (exact) mass is 186 g/mol. The lowest BCUT2D eigenvalue weighted by Crippen LogP contribution is -1.91. The summed E-state index contributed by atoms with van der Waals surface area (Å²) in [7, 11) is -1.40. The molecule has 62 valence electrons. The van der Waals surface area contributed by atoms with Crippen LogP contribution in [0.25, 0.3) is 0 Å². The van der Waals surface area contributed by atoms with Crippen LogP contribution in [0.4, 0.5) is 0 Å². The third-order valence-electron chi connectivity index (χ3n) is 1.66. The average molecular weight is 186 g/mol. The maximum absolute atomic E-state index is 9.26. The van der Waals surface area contributed by atoms with Crippen LogP contribution < -0.4 is 13.6 Å². The Bertz CT molecular complexity index is 375. The molecule has 0 spiro atoms. The van der Waals surface area contributed by atoms with Crippen LogP contribution in [0.15, 0.2) is 6.07 Å². The van der Waals surface area contributed by atoms with Crippen LogP contribution in [0.1, 0.15) is 0 Å². The van der Waals surface area contributed by atoms with Crippen LogP contribution in [0.3, 0.4) is 0 Å². The molecular formula is C6H3O5P. The first-order valence-corrected chi connectivity index (χ1v) is 4.28. The standard InChI is InChI=1S/C6H3O5P/c7-2-1-3-5-6(4(2)8)11-12(9-3)10-5/h1,7-8H. The first kappa shape index (κ1) is 6.20. The molecule has 0 aromatic heterocycles. The molecule has 1 atom stereocenters. The van der Waals surface area contributed by atoms with E-state index in [9.17, 15) is 5.11 Å². The lowest BCUT2D eigenvalue weighted by molar-refractivity contribution is 0.376. The number of rotatable bonds is 0. The molecule has 5 nitrogen and oxygen atoms in total. The summed E-state index contributed by atoms with van der Waals surface area (Å²) in [5.41, 5.74) is 0. The molecule has 1 aromatic rings. The first-order valence-electron chi connectivity index (χ1n) is 3.18. The van der Waals surface area contributed by atoms with Crippen molar-refractivity contribution in [2.75, 3.05) is 0 Å². The van der Waals surface area contributed by atoms with Gasteiger partial charge in [-0.2, -0.15) is 0 Å². The van der Waals surface area contributed by atoms with Crippen molar-refractivity contribution in [2.45, 2.75) is 0 Å².